The predicted molar refractivity (Wildman–Crippen MR) is 56.2 cm³/mol. The lowest BCUT2D eigenvalue weighted by Gasteiger charge is -2.06. The highest BCUT2D eigenvalue weighted by Crippen LogP contribution is 1.94. The molecule has 0 aliphatic carbocycles. The highest BCUT2D eigenvalue weighted by Gasteiger charge is 2.03. The van der Waals surface area contributed by atoms with E-state index in [1.54, 1.807) is 19.4 Å². The van der Waals surface area contributed by atoms with Crippen LogP contribution in [0, 0.1) is 0 Å². The van der Waals surface area contributed by atoms with Gasteiger partial charge in [-0.15, -0.1) is 0 Å². The fourth-order valence-electron chi connectivity index (χ4n) is 1.17. The van der Waals surface area contributed by atoms with E-state index in [1.165, 1.54) is 0 Å². The number of nitrogens with zero attached hydrogens (tertiary/aromatic N) is 2. The molecule has 0 aromatic carbocycles. The van der Waals surface area contributed by atoms with E-state index in [9.17, 15) is 4.79 Å². The Kier molecular flexibility index (Phi) is 4.83. The molecule has 1 rings (SSSR count). The Morgan fingerprint density at radius 2 is 2.47 bits per heavy atom. The summed E-state index contributed by atoms with van der Waals surface area (Å²) in [5.41, 5.74) is 0. The summed E-state index contributed by atoms with van der Waals surface area (Å²) in [6.07, 6.45) is 5.74. The summed E-state index contributed by atoms with van der Waals surface area (Å²) in [5, 5.41) is 11.8. The zero-order chi connectivity index (χ0) is 11.1. The maximum Gasteiger partial charge on any atom is 0.220 e. The van der Waals surface area contributed by atoms with Crippen LogP contribution in [0.5, 0.6) is 0 Å². The van der Waals surface area contributed by atoms with Crippen LogP contribution in [0.4, 0.5) is 0 Å². The van der Waals surface area contributed by atoms with Gasteiger partial charge in [-0.3, -0.25) is 4.79 Å². The molecule has 1 amide bonds. The number of rotatable bonds is 6. The monoisotopic (exact) mass is 211 g/mol. The zero-order valence-corrected chi connectivity index (χ0v) is 8.89. The van der Waals surface area contributed by atoms with Crippen molar-refractivity contribution >= 4 is 5.91 Å². The minimum Gasteiger partial charge on any atom is -0.393 e. The van der Waals surface area contributed by atoms with Gasteiger partial charge in [-0.25, -0.2) is 4.98 Å². The topological polar surface area (TPSA) is 67.2 Å². The predicted octanol–water partition coefficient (Wildman–Crippen LogP) is 0.160. The van der Waals surface area contributed by atoms with Gasteiger partial charge in [0.05, 0.1) is 12.4 Å². The number of imidazole rings is 1. The molecule has 1 atom stereocenters. The first-order valence-corrected chi connectivity index (χ1v) is 5.09. The summed E-state index contributed by atoms with van der Waals surface area (Å²) in [6, 6.07) is 0. The van der Waals surface area contributed by atoms with Gasteiger partial charge in [0.25, 0.3) is 0 Å². The molecule has 0 saturated heterocycles. The summed E-state index contributed by atoms with van der Waals surface area (Å²) in [5.74, 6) is -0.0176. The van der Waals surface area contributed by atoms with Gasteiger partial charge < -0.3 is 15.0 Å². The fraction of sp³-hybridized carbons (Fsp3) is 0.600. The van der Waals surface area contributed by atoms with Gasteiger partial charge in [-0.1, -0.05) is 0 Å². The average Bonchev–Trinajstić information content (AvgIpc) is 2.67. The number of aromatic nitrogens is 2. The molecule has 0 aliphatic heterocycles. The lowest BCUT2D eigenvalue weighted by Crippen LogP contribution is -2.27. The minimum atomic E-state index is -0.413. The number of aliphatic hydroxyl groups excluding tert-OH is 1. The van der Waals surface area contributed by atoms with Crippen LogP contribution >= 0.6 is 0 Å². The summed E-state index contributed by atoms with van der Waals surface area (Å²) in [4.78, 5) is 15.1. The van der Waals surface area contributed by atoms with E-state index in [-0.39, 0.29) is 5.91 Å². The Labute approximate surface area is 89.1 Å². The molecule has 0 radical (unpaired) electrons. The Morgan fingerprint density at radius 1 is 1.67 bits per heavy atom. The number of carbonyl (C=O) groups excluding carboxylic acids is 1. The Bertz CT molecular complexity index is 283. The van der Waals surface area contributed by atoms with Crippen molar-refractivity contribution in [1.82, 2.24) is 14.9 Å². The molecule has 1 aromatic rings. The molecule has 1 aromatic heterocycles. The van der Waals surface area contributed by atoms with Crippen LogP contribution in [0.15, 0.2) is 18.7 Å². The Balaban J connectivity index is 2.07. The summed E-state index contributed by atoms with van der Waals surface area (Å²) in [7, 11) is 0. The van der Waals surface area contributed by atoms with Crippen LogP contribution in [-0.2, 0) is 11.3 Å². The lowest BCUT2D eigenvalue weighted by molar-refractivity contribution is -0.121. The van der Waals surface area contributed by atoms with Crippen LogP contribution in [-0.4, -0.2) is 33.2 Å². The molecule has 0 fully saturated rings. The van der Waals surface area contributed by atoms with Crippen molar-refractivity contribution in [2.45, 2.75) is 32.4 Å². The second-order valence-corrected chi connectivity index (χ2v) is 3.54. The van der Waals surface area contributed by atoms with Crippen molar-refractivity contribution in [2.75, 3.05) is 6.54 Å². The first-order chi connectivity index (χ1) is 7.18. The van der Waals surface area contributed by atoms with Gasteiger partial charge in [0.1, 0.15) is 0 Å². The second kappa shape index (κ2) is 6.19. The van der Waals surface area contributed by atoms with E-state index in [1.807, 2.05) is 10.8 Å². The number of amides is 1. The van der Waals surface area contributed by atoms with Crippen molar-refractivity contribution in [2.24, 2.45) is 0 Å². The molecule has 2 N–H and O–H groups in total. The van der Waals surface area contributed by atoms with Gasteiger partial charge in [0.15, 0.2) is 0 Å². The molecule has 5 heteroatoms. The van der Waals surface area contributed by atoms with Crippen LogP contribution in [0.3, 0.4) is 0 Å². The molecule has 0 aliphatic rings. The summed E-state index contributed by atoms with van der Waals surface area (Å²) >= 11 is 0. The molecule has 5 nitrogen and oxygen atoms in total. The van der Waals surface area contributed by atoms with E-state index < -0.39 is 6.10 Å². The number of aliphatic hydroxyl groups is 1. The van der Waals surface area contributed by atoms with Crippen molar-refractivity contribution in [3.63, 3.8) is 0 Å². The van der Waals surface area contributed by atoms with Crippen molar-refractivity contribution in [1.29, 1.82) is 0 Å². The zero-order valence-electron chi connectivity index (χ0n) is 8.89. The summed E-state index contributed by atoms with van der Waals surface area (Å²) in [6.45, 7) is 2.99. The minimum absolute atomic E-state index is 0.0176. The maximum atomic E-state index is 11.2. The molecule has 0 bridgehead atoms. The molecule has 84 valence electrons. The number of hydrogen-bond donors (Lipinski definition) is 2. The van der Waals surface area contributed by atoms with Gasteiger partial charge in [-0.05, 0) is 13.3 Å². The van der Waals surface area contributed by atoms with Crippen LogP contribution in [0.1, 0.15) is 19.8 Å². The average molecular weight is 211 g/mol. The molecule has 0 saturated carbocycles. The van der Waals surface area contributed by atoms with E-state index >= 15 is 0 Å². The van der Waals surface area contributed by atoms with Gasteiger partial charge in [-0.2, -0.15) is 0 Å². The summed E-state index contributed by atoms with van der Waals surface area (Å²) < 4.78 is 1.90. The fourth-order valence-corrected chi connectivity index (χ4v) is 1.17. The third kappa shape index (κ3) is 5.17. The SMILES string of the molecule is CC(O)CCC(=O)NCCn1ccnc1. The van der Waals surface area contributed by atoms with E-state index in [4.69, 9.17) is 5.11 Å². The third-order valence-electron chi connectivity index (χ3n) is 2.04. The molecular weight excluding hydrogens is 194 g/mol. The third-order valence-corrected chi connectivity index (χ3v) is 2.04. The van der Waals surface area contributed by atoms with Crippen molar-refractivity contribution in [3.05, 3.63) is 18.7 Å². The first kappa shape index (κ1) is 11.7. The molecular formula is C10H17N3O2. The molecule has 15 heavy (non-hydrogen) atoms. The normalized spacial score (nSPS) is 12.4. The maximum absolute atomic E-state index is 11.2. The smallest absolute Gasteiger partial charge is 0.220 e. The number of nitrogens with one attached hydrogen (secondary N) is 1. The van der Waals surface area contributed by atoms with Gasteiger partial charge >= 0.3 is 0 Å². The van der Waals surface area contributed by atoms with Crippen LogP contribution in [0.2, 0.25) is 0 Å². The highest BCUT2D eigenvalue weighted by molar-refractivity contribution is 5.75. The van der Waals surface area contributed by atoms with Crippen molar-refractivity contribution < 1.29 is 9.90 Å². The Morgan fingerprint density at radius 3 is 3.07 bits per heavy atom. The van der Waals surface area contributed by atoms with Crippen LogP contribution < -0.4 is 5.32 Å². The highest BCUT2D eigenvalue weighted by atomic mass is 16.3. The van der Waals surface area contributed by atoms with Gasteiger partial charge in [0.2, 0.25) is 5.91 Å². The molecule has 1 heterocycles. The standard InChI is InChI=1S/C10H17N3O2/c1-9(14)2-3-10(15)12-5-7-13-6-4-11-8-13/h4,6,8-9,14H,2-3,5,7H2,1H3,(H,12,15). The molecule has 1 unspecified atom stereocenters. The van der Waals surface area contributed by atoms with E-state index in [2.05, 4.69) is 10.3 Å². The van der Waals surface area contributed by atoms with E-state index in [0.717, 1.165) is 6.54 Å². The Hall–Kier alpha value is -1.36. The molecule has 0 spiro atoms. The first-order valence-electron chi connectivity index (χ1n) is 5.09. The van der Waals surface area contributed by atoms with Gasteiger partial charge in [0, 0.05) is 31.9 Å². The number of hydrogen-bond acceptors (Lipinski definition) is 3. The van der Waals surface area contributed by atoms with Crippen LogP contribution in [0.25, 0.3) is 0 Å². The lowest BCUT2D eigenvalue weighted by atomic mass is 10.2. The largest absolute Gasteiger partial charge is 0.393 e. The second-order valence-electron chi connectivity index (χ2n) is 3.54. The quantitative estimate of drug-likeness (QED) is 0.704. The van der Waals surface area contributed by atoms with E-state index in [0.29, 0.717) is 19.4 Å². The van der Waals surface area contributed by atoms with Crippen molar-refractivity contribution in [3.8, 4) is 0 Å². The number of carbonyl (C=O) groups is 1.